The zero-order chi connectivity index (χ0) is 26.5. The summed E-state index contributed by atoms with van der Waals surface area (Å²) in [5.74, 6) is -0.332. The topological polar surface area (TPSA) is 84.7 Å². The van der Waals surface area contributed by atoms with E-state index in [1.165, 1.54) is 6.20 Å². The van der Waals surface area contributed by atoms with Gasteiger partial charge >= 0.3 is 5.97 Å². The number of hydrogen-bond donors (Lipinski definition) is 1. The molecule has 1 aliphatic heterocycles. The summed E-state index contributed by atoms with van der Waals surface area (Å²) >= 11 is 0. The van der Waals surface area contributed by atoms with Crippen molar-refractivity contribution in [3.63, 3.8) is 0 Å². The van der Waals surface area contributed by atoms with Gasteiger partial charge in [0.05, 0.1) is 5.69 Å². The third-order valence-electron chi connectivity index (χ3n) is 7.74. The first-order valence-electron chi connectivity index (χ1n) is 13.6. The van der Waals surface area contributed by atoms with Crippen LogP contribution in [0.5, 0.6) is 0 Å². The zero-order valence-electron chi connectivity index (χ0n) is 21.8. The highest BCUT2D eigenvalue weighted by molar-refractivity contribution is 6.02. The highest BCUT2D eigenvalue weighted by atomic mass is 16.5. The molecule has 1 N–H and O–H groups in total. The van der Waals surface area contributed by atoms with Crippen LogP contribution < -0.4 is 4.90 Å². The van der Waals surface area contributed by atoms with Gasteiger partial charge < -0.3 is 9.84 Å². The summed E-state index contributed by atoms with van der Waals surface area (Å²) in [7, 11) is 0. The molecule has 2 aromatic carbocycles. The number of nitrogens with zero attached hydrogens (tertiary/aromatic N) is 3. The second-order valence-electron chi connectivity index (χ2n) is 10.5. The lowest BCUT2D eigenvalue weighted by molar-refractivity contribution is -0.124. The summed E-state index contributed by atoms with van der Waals surface area (Å²) in [6.45, 7) is 3.33. The Hall–Kier alpha value is -3.71. The van der Waals surface area contributed by atoms with Crippen molar-refractivity contribution in [2.75, 3.05) is 18.1 Å². The van der Waals surface area contributed by atoms with E-state index >= 15 is 0 Å². The van der Waals surface area contributed by atoms with E-state index in [9.17, 15) is 14.7 Å². The lowest BCUT2D eigenvalue weighted by atomic mass is 9.82. The molecule has 198 valence electrons. The largest absolute Gasteiger partial charge is 0.477 e. The third-order valence-corrected chi connectivity index (χ3v) is 7.74. The second-order valence-corrected chi connectivity index (χ2v) is 10.5. The molecule has 38 heavy (non-hydrogen) atoms. The zero-order valence-corrected chi connectivity index (χ0v) is 21.8. The lowest BCUT2D eigenvalue weighted by Gasteiger charge is -2.37. The molecule has 5 rings (SSSR count). The van der Waals surface area contributed by atoms with Crippen LogP contribution in [0.1, 0.15) is 66.9 Å². The molecule has 2 heterocycles. The van der Waals surface area contributed by atoms with Gasteiger partial charge in [0.2, 0.25) is 5.91 Å². The molecule has 0 atom stereocenters. The molecule has 1 aliphatic carbocycles. The Labute approximate surface area is 223 Å². The maximum atomic E-state index is 13.9. The standard InChI is InChI=1S/C31H35N3O4/c1-22-7-13-25(14-8-22)30(35)34(27-17-19-38-20-18-27)29-28(31(36)37)21-33(32-29)26-15-11-24(12-16-26)10-9-23-5-3-2-4-6-23/h2-6,9-12,15-16,21-22,25,27H,7-8,13-14,17-20H2,1H3,(H,36,37)/b10-9+/t22-,25-. The van der Waals surface area contributed by atoms with Crippen molar-refractivity contribution in [1.29, 1.82) is 0 Å². The van der Waals surface area contributed by atoms with E-state index in [-0.39, 0.29) is 29.2 Å². The van der Waals surface area contributed by atoms with E-state index in [1.807, 2.05) is 66.7 Å². The van der Waals surface area contributed by atoms with Crippen molar-refractivity contribution < 1.29 is 19.4 Å². The summed E-state index contributed by atoms with van der Waals surface area (Å²) in [6.07, 6.45) is 10.6. The van der Waals surface area contributed by atoms with E-state index in [0.717, 1.165) is 42.5 Å². The van der Waals surface area contributed by atoms with Gasteiger partial charge in [-0.15, -0.1) is 5.10 Å². The molecule has 0 bridgehead atoms. The minimum Gasteiger partial charge on any atom is -0.477 e. The van der Waals surface area contributed by atoms with Crippen LogP contribution in [0.25, 0.3) is 17.8 Å². The van der Waals surface area contributed by atoms with E-state index in [1.54, 1.807) is 9.58 Å². The molecule has 2 fully saturated rings. The minimum atomic E-state index is -1.09. The van der Waals surface area contributed by atoms with Crippen molar-refractivity contribution in [1.82, 2.24) is 9.78 Å². The molecule has 0 spiro atoms. The van der Waals surface area contributed by atoms with Gasteiger partial charge in [-0.3, -0.25) is 9.69 Å². The number of carboxylic acid groups (broad SMARTS) is 1. The van der Waals surface area contributed by atoms with Crippen LogP contribution in [-0.4, -0.2) is 46.0 Å². The first-order valence-corrected chi connectivity index (χ1v) is 13.6. The molecular weight excluding hydrogens is 478 g/mol. The average molecular weight is 514 g/mol. The molecule has 0 radical (unpaired) electrons. The number of benzene rings is 2. The predicted molar refractivity (Wildman–Crippen MR) is 148 cm³/mol. The molecule has 3 aromatic rings. The number of ether oxygens (including phenoxy) is 1. The van der Waals surface area contributed by atoms with Gasteiger partial charge in [0, 0.05) is 31.4 Å². The number of aromatic nitrogens is 2. The lowest BCUT2D eigenvalue weighted by Crippen LogP contribution is -2.47. The number of carbonyl (C=O) groups is 2. The number of anilines is 1. The highest BCUT2D eigenvalue weighted by Crippen LogP contribution is 2.34. The van der Waals surface area contributed by atoms with Crippen molar-refractivity contribution in [3.8, 4) is 5.69 Å². The second kappa shape index (κ2) is 11.8. The van der Waals surface area contributed by atoms with Gasteiger partial charge in [-0.25, -0.2) is 9.48 Å². The Morgan fingerprint density at radius 3 is 2.18 bits per heavy atom. The first-order chi connectivity index (χ1) is 18.5. The molecule has 1 saturated carbocycles. The number of amides is 1. The number of carbonyl (C=O) groups excluding carboxylic acids is 1. The fourth-order valence-electron chi connectivity index (χ4n) is 5.42. The molecule has 1 amide bonds. The SMILES string of the molecule is C[C@H]1CC[C@H](C(=O)N(c2nn(-c3ccc(/C=C/c4ccccc4)cc3)cc2C(=O)O)C2CCOCC2)CC1. The van der Waals surface area contributed by atoms with Crippen LogP contribution in [0.3, 0.4) is 0 Å². The number of rotatable bonds is 7. The molecule has 7 heteroatoms. The smallest absolute Gasteiger partial charge is 0.341 e. The van der Waals surface area contributed by atoms with Crippen molar-refractivity contribution in [2.45, 2.75) is 51.5 Å². The normalized spacial score (nSPS) is 20.4. The number of carboxylic acids is 1. The monoisotopic (exact) mass is 513 g/mol. The predicted octanol–water partition coefficient (Wildman–Crippen LogP) is 6.08. The molecule has 0 unspecified atom stereocenters. The summed E-state index contributed by atoms with van der Waals surface area (Å²) in [5.41, 5.74) is 2.92. The third kappa shape index (κ3) is 5.89. The minimum absolute atomic E-state index is 0.00190. The van der Waals surface area contributed by atoms with Gasteiger partial charge in [0.15, 0.2) is 5.82 Å². The fourth-order valence-corrected chi connectivity index (χ4v) is 5.42. The van der Waals surface area contributed by atoms with Crippen LogP contribution >= 0.6 is 0 Å². The van der Waals surface area contributed by atoms with Gasteiger partial charge in [-0.05, 0) is 67.7 Å². The Bertz CT molecular complexity index is 1270. The highest BCUT2D eigenvalue weighted by Gasteiger charge is 2.37. The van der Waals surface area contributed by atoms with Crippen LogP contribution in [0.15, 0.2) is 60.8 Å². The van der Waals surface area contributed by atoms with Crippen LogP contribution in [0, 0.1) is 11.8 Å². The molecular formula is C31H35N3O4. The quantitative estimate of drug-likeness (QED) is 0.387. The Balaban J connectivity index is 1.44. The van der Waals surface area contributed by atoms with E-state index in [4.69, 9.17) is 9.84 Å². The van der Waals surface area contributed by atoms with E-state index in [2.05, 4.69) is 6.92 Å². The van der Waals surface area contributed by atoms with Gasteiger partial charge in [0.25, 0.3) is 0 Å². The molecule has 7 nitrogen and oxygen atoms in total. The van der Waals surface area contributed by atoms with E-state index in [0.29, 0.717) is 32.0 Å². The fraction of sp³-hybridized carbons (Fsp3) is 0.387. The molecule has 1 aromatic heterocycles. The van der Waals surface area contributed by atoms with Crippen molar-refractivity contribution in [3.05, 3.63) is 77.5 Å². The van der Waals surface area contributed by atoms with Crippen LogP contribution in [-0.2, 0) is 9.53 Å². The summed E-state index contributed by atoms with van der Waals surface area (Å²) in [4.78, 5) is 27.9. The van der Waals surface area contributed by atoms with Gasteiger partial charge in [0.1, 0.15) is 5.56 Å². The Morgan fingerprint density at radius 2 is 1.55 bits per heavy atom. The van der Waals surface area contributed by atoms with Crippen molar-refractivity contribution in [2.24, 2.45) is 11.8 Å². The van der Waals surface area contributed by atoms with Crippen LogP contribution in [0.2, 0.25) is 0 Å². The van der Waals surface area contributed by atoms with Crippen molar-refractivity contribution >= 4 is 29.8 Å². The maximum absolute atomic E-state index is 13.9. The van der Waals surface area contributed by atoms with Crippen LogP contribution in [0.4, 0.5) is 5.82 Å². The summed E-state index contributed by atoms with van der Waals surface area (Å²) in [6, 6.07) is 17.7. The maximum Gasteiger partial charge on any atom is 0.341 e. The van der Waals surface area contributed by atoms with Gasteiger partial charge in [-0.1, -0.05) is 61.5 Å². The Morgan fingerprint density at radius 1 is 0.921 bits per heavy atom. The summed E-state index contributed by atoms with van der Waals surface area (Å²) < 4.78 is 7.13. The van der Waals surface area contributed by atoms with Gasteiger partial charge in [-0.2, -0.15) is 0 Å². The number of aromatic carboxylic acids is 1. The average Bonchev–Trinajstić information content (AvgIpc) is 3.39. The first kappa shape index (κ1) is 25.9. The molecule has 2 aliphatic rings. The number of hydrogen-bond acceptors (Lipinski definition) is 4. The van der Waals surface area contributed by atoms with E-state index < -0.39 is 5.97 Å². The molecule has 1 saturated heterocycles. The summed E-state index contributed by atoms with van der Waals surface area (Å²) in [5, 5.41) is 14.8. The Kier molecular flexibility index (Phi) is 8.03.